The van der Waals surface area contributed by atoms with Crippen LogP contribution >= 0.6 is 0 Å². The second kappa shape index (κ2) is 6.28. The number of carbonyl (C=O) groups excluding carboxylic acids is 1. The Labute approximate surface area is 128 Å². The van der Waals surface area contributed by atoms with E-state index in [2.05, 4.69) is 10.6 Å². The minimum atomic E-state index is -4.41. The molecule has 1 aromatic rings. The highest BCUT2D eigenvalue weighted by Gasteiger charge is 2.35. The Balaban J connectivity index is 2.16. The van der Waals surface area contributed by atoms with Gasteiger partial charge in [0.05, 0.1) is 11.0 Å². The van der Waals surface area contributed by atoms with Gasteiger partial charge in [-0.2, -0.15) is 13.2 Å². The number of benzene rings is 1. The van der Waals surface area contributed by atoms with Crippen LogP contribution in [0.1, 0.15) is 37.8 Å². The Bertz CT molecular complexity index is 534. The highest BCUT2D eigenvalue weighted by molar-refractivity contribution is 5.87. The Kier molecular flexibility index (Phi) is 4.80. The first-order chi connectivity index (χ1) is 10.2. The summed E-state index contributed by atoms with van der Waals surface area (Å²) in [6.45, 7) is 4.93. The van der Waals surface area contributed by atoms with E-state index in [0.29, 0.717) is 12.1 Å². The van der Waals surface area contributed by atoms with Crippen LogP contribution in [0.5, 0.6) is 0 Å². The van der Waals surface area contributed by atoms with Gasteiger partial charge < -0.3 is 10.6 Å². The van der Waals surface area contributed by atoms with E-state index in [9.17, 15) is 18.0 Å². The third-order valence-electron chi connectivity index (χ3n) is 4.11. The Morgan fingerprint density at radius 1 is 1.27 bits per heavy atom. The molecule has 1 aliphatic rings. The number of halogens is 3. The maximum Gasteiger partial charge on any atom is 0.416 e. The number of piperidine rings is 1. The summed E-state index contributed by atoms with van der Waals surface area (Å²) in [7, 11) is 0. The fourth-order valence-electron chi connectivity index (χ4n) is 2.56. The van der Waals surface area contributed by atoms with E-state index in [1.807, 2.05) is 0 Å². The van der Waals surface area contributed by atoms with Crippen molar-refractivity contribution >= 4 is 5.91 Å². The van der Waals surface area contributed by atoms with Gasteiger partial charge in [-0.25, -0.2) is 0 Å². The van der Waals surface area contributed by atoms with Crippen LogP contribution in [0.25, 0.3) is 0 Å². The molecule has 1 fully saturated rings. The lowest BCUT2D eigenvalue weighted by molar-refractivity contribution is -0.138. The van der Waals surface area contributed by atoms with Gasteiger partial charge in [0.15, 0.2) is 0 Å². The van der Waals surface area contributed by atoms with Crippen LogP contribution in [-0.4, -0.2) is 25.0 Å². The van der Waals surface area contributed by atoms with E-state index in [-0.39, 0.29) is 11.9 Å². The van der Waals surface area contributed by atoms with Gasteiger partial charge in [0.25, 0.3) is 0 Å². The Morgan fingerprint density at radius 3 is 2.55 bits per heavy atom. The van der Waals surface area contributed by atoms with Gasteiger partial charge in [-0.3, -0.25) is 4.79 Å². The van der Waals surface area contributed by atoms with Crippen LogP contribution in [0.15, 0.2) is 24.3 Å². The van der Waals surface area contributed by atoms with E-state index < -0.39 is 17.2 Å². The van der Waals surface area contributed by atoms with Gasteiger partial charge in [0.2, 0.25) is 5.91 Å². The first-order valence-corrected chi connectivity index (χ1v) is 7.40. The number of hydrogen-bond acceptors (Lipinski definition) is 2. The fourth-order valence-corrected chi connectivity index (χ4v) is 2.56. The van der Waals surface area contributed by atoms with Crippen LogP contribution < -0.4 is 10.6 Å². The van der Waals surface area contributed by atoms with Gasteiger partial charge in [-0.15, -0.1) is 0 Å². The van der Waals surface area contributed by atoms with Crippen molar-refractivity contribution in [1.82, 2.24) is 10.6 Å². The number of amides is 1. The zero-order valence-corrected chi connectivity index (χ0v) is 12.8. The second-order valence-electron chi connectivity index (χ2n) is 6.22. The molecule has 22 heavy (non-hydrogen) atoms. The SMILES string of the molecule is CC(C)(C(=O)N[C@H]1CCCNC1)c1cccc(C(F)(F)F)c1. The predicted molar refractivity (Wildman–Crippen MR) is 78.5 cm³/mol. The summed E-state index contributed by atoms with van der Waals surface area (Å²) >= 11 is 0. The molecule has 0 spiro atoms. The standard InChI is InChI=1S/C16H21F3N2O/c1-15(2,14(22)21-13-7-4-8-20-10-13)11-5-3-6-12(9-11)16(17,18)19/h3,5-6,9,13,20H,4,7-8,10H2,1-2H3,(H,21,22)/t13-/m0/s1. The molecule has 0 radical (unpaired) electrons. The number of nitrogens with one attached hydrogen (secondary N) is 2. The van der Waals surface area contributed by atoms with Crippen molar-refractivity contribution in [3.63, 3.8) is 0 Å². The highest BCUT2D eigenvalue weighted by atomic mass is 19.4. The third-order valence-corrected chi connectivity index (χ3v) is 4.11. The van der Waals surface area contributed by atoms with Crippen molar-refractivity contribution in [3.8, 4) is 0 Å². The molecule has 122 valence electrons. The molecule has 2 rings (SSSR count). The summed E-state index contributed by atoms with van der Waals surface area (Å²) in [5.74, 6) is -0.250. The maximum absolute atomic E-state index is 12.8. The average Bonchev–Trinajstić information content (AvgIpc) is 2.47. The van der Waals surface area contributed by atoms with Crippen molar-refractivity contribution in [1.29, 1.82) is 0 Å². The summed E-state index contributed by atoms with van der Waals surface area (Å²) in [5, 5.41) is 6.13. The van der Waals surface area contributed by atoms with Crippen LogP contribution in [0.3, 0.4) is 0 Å². The molecule has 0 bridgehead atoms. The molecular formula is C16H21F3N2O. The summed E-state index contributed by atoms with van der Waals surface area (Å²) < 4.78 is 38.5. The summed E-state index contributed by atoms with van der Waals surface area (Å²) in [6.07, 6.45) is -2.54. The van der Waals surface area contributed by atoms with Gasteiger partial charge >= 0.3 is 6.18 Å². The number of hydrogen-bond donors (Lipinski definition) is 2. The molecule has 1 heterocycles. The zero-order valence-electron chi connectivity index (χ0n) is 12.8. The smallest absolute Gasteiger partial charge is 0.351 e. The van der Waals surface area contributed by atoms with Crippen molar-refractivity contribution in [2.24, 2.45) is 0 Å². The summed E-state index contributed by atoms with van der Waals surface area (Å²) in [5.41, 5.74) is -1.38. The van der Waals surface area contributed by atoms with Crippen molar-refractivity contribution in [2.75, 3.05) is 13.1 Å². The molecule has 0 saturated carbocycles. The van der Waals surface area contributed by atoms with Crippen LogP contribution in [0.4, 0.5) is 13.2 Å². The van der Waals surface area contributed by atoms with E-state index >= 15 is 0 Å². The molecule has 6 heteroatoms. The number of rotatable bonds is 3. The second-order valence-corrected chi connectivity index (χ2v) is 6.22. The number of carbonyl (C=O) groups is 1. The minimum Gasteiger partial charge on any atom is -0.351 e. The number of alkyl halides is 3. The summed E-state index contributed by atoms with van der Waals surface area (Å²) in [6, 6.07) is 5.01. The van der Waals surface area contributed by atoms with Crippen molar-refractivity contribution < 1.29 is 18.0 Å². The van der Waals surface area contributed by atoms with Crippen LogP contribution in [0, 0.1) is 0 Å². The minimum absolute atomic E-state index is 0.0336. The first-order valence-electron chi connectivity index (χ1n) is 7.40. The molecule has 0 aliphatic carbocycles. The van der Waals surface area contributed by atoms with Crippen molar-refractivity contribution in [2.45, 2.75) is 44.3 Å². The van der Waals surface area contributed by atoms with E-state index in [1.165, 1.54) is 6.07 Å². The fraction of sp³-hybridized carbons (Fsp3) is 0.562. The average molecular weight is 314 g/mol. The quantitative estimate of drug-likeness (QED) is 0.901. The molecule has 1 aliphatic heterocycles. The van der Waals surface area contributed by atoms with E-state index in [4.69, 9.17) is 0 Å². The third kappa shape index (κ3) is 3.80. The monoisotopic (exact) mass is 314 g/mol. The molecular weight excluding hydrogens is 293 g/mol. The van der Waals surface area contributed by atoms with Gasteiger partial charge in [0, 0.05) is 12.6 Å². The molecule has 2 N–H and O–H groups in total. The molecule has 1 aromatic carbocycles. The van der Waals surface area contributed by atoms with Gasteiger partial charge in [0.1, 0.15) is 0 Å². The Hall–Kier alpha value is -1.56. The summed E-state index contributed by atoms with van der Waals surface area (Å²) in [4.78, 5) is 12.5. The van der Waals surface area contributed by atoms with Gasteiger partial charge in [-0.05, 0) is 44.9 Å². The lowest BCUT2D eigenvalue weighted by Gasteiger charge is -2.30. The van der Waals surface area contributed by atoms with E-state index in [1.54, 1.807) is 19.9 Å². The predicted octanol–water partition coefficient (Wildman–Crippen LogP) is 2.85. The molecule has 3 nitrogen and oxygen atoms in total. The first kappa shape index (κ1) is 16.8. The molecule has 1 saturated heterocycles. The largest absolute Gasteiger partial charge is 0.416 e. The lowest BCUT2D eigenvalue weighted by Crippen LogP contribution is -2.50. The van der Waals surface area contributed by atoms with Crippen molar-refractivity contribution in [3.05, 3.63) is 35.4 Å². The highest BCUT2D eigenvalue weighted by Crippen LogP contribution is 2.33. The van der Waals surface area contributed by atoms with Crippen LogP contribution in [-0.2, 0) is 16.4 Å². The molecule has 0 aromatic heterocycles. The lowest BCUT2D eigenvalue weighted by atomic mass is 9.82. The molecule has 1 amide bonds. The Morgan fingerprint density at radius 2 is 1.95 bits per heavy atom. The maximum atomic E-state index is 12.8. The topological polar surface area (TPSA) is 41.1 Å². The normalized spacial score (nSPS) is 19.8. The van der Waals surface area contributed by atoms with E-state index in [0.717, 1.165) is 31.5 Å². The molecule has 0 unspecified atom stereocenters. The van der Waals surface area contributed by atoms with Crippen LogP contribution in [0.2, 0.25) is 0 Å². The van der Waals surface area contributed by atoms with Gasteiger partial charge in [-0.1, -0.05) is 18.2 Å². The molecule has 1 atom stereocenters. The zero-order chi connectivity index (χ0) is 16.4.